The van der Waals surface area contributed by atoms with Crippen molar-refractivity contribution in [2.75, 3.05) is 6.61 Å². The van der Waals surface area contributed by atoms with Crippen LogP contribution in [0.1, 0.15) is 17.5 Å². The number of nitrogens with zero attached hydrogens (tertiary/aromatic N) is 1. The summed E-state index contributed by atoms with van der Waals surface area (Å²) in [6.07, 6.45) is 0.539. The molecule has 2 aromatic rings. The number of carbonyl (C=O) groups is 1. The molecule has 1 aromatic heterocycles. The van der Waals surface area contributed by atoms with Crippen LogP contribution in [-0.2, 0) is 0 Å². The van der Waals surface area contributed by atoms with Gasteiger partial charge in [0.05, 0.1) is 21.6 Å². The summed E-state index contributed by atoms with van der Waals surface area (Å²) < 4.78 is 11.1. The maximum atomic E-state index is 11.1. The highest BCUT2D eigenvalue weighted by Crippen LogP contribution is 2.39. The van der Waals surface area contributed by atoms with E-state index in [1.54, 1.807) is 0 Å². The van der Waals surface area contributed by atoms with Crippen molar-refractivity contribution in [3.05, 3.63) is 44.6 Å². The van der Waals surface area contributed by atoms with Gasteiger partial charge in [0, 0.05) is 6.07 Å². The number of nitro groups is 1. The fourth-order valence-electron chi connectivity index (χ4n) is 1.72. The maximum Gasteiger partial charge on any atom is 0.281 e. The molecule has 104 valence electrons. The minimum absolute atomic E-state index is 0.107. The van der Waals surface area contributed by atoms with Gasteiger partial charge in [-0.05, 0) is 41.1 Å². The third-order valence-corrected chi connectivity index (χ3v) is 3.17. The van der Waals surface area contributed by atoms with Gasteiger partial charge < -0.3 is 9.15 Å². The normalized spacial score (nSPS) is 10.3. The van der Waals surface area contributed by atoms with Crippen molar-refractivity contribution in [3.8, 4) is 17.1 Å². The van der Waals surface area contributed by atoms with E-state index in [1.165, 1.54) is 24.3 Å². The molecule has 0 atom stereocenters. The molecule has 0 amide bonds. The number of nitro benzene ring substituents is 1. The lowest BCUT2D eigenvalue weighted by Crippen LogP contribution is -1.96. The Morgan fingerprint density at radius 1 is 1.45 bits per heavy atom. The average molecular weight is 340 g/mol. The highest BCUT2D eigenvalue weighted by molar-refractivity contribution is 9.10. The third kappa shape index (κ3) is 2.72. The molecular weight excluding hydrogens is 330 g/mol. The van der Waals surface area contributed by atoms with Gasteiger partial charge in [-0.25, -0.2) is 0 Å². The van der Waals surface area contributed by atoms with Crippen molar-refractivity contribution < 1.29 is 18.9 Å². The Hall–Kier alpha value is -2.15. The average Bonchev–Trinajstić information content (AvgIpc) is 2.89. The minimum Gasteiger partial charge on any atom is -0.493 e. The number of benzene rings is 1. The third-order valence-electron chi connectivity index (χ3n) is 2.56. The van der Waals surface area contributed by atoms with E-state index in [0.717, 1.165) is 0 Å². The molecular formula is C13H10BrNO5. The molecule has 0 saturated carbocycles. The Bertz CT molecular complexity index is 665. The molecule has 0 spiro atoms. The molecule has 1 heterocycles. The zero-order valence-corrected chi connectivity index (χ0v) is 12.0. The number of ether oxygens (including phenoxy) is 1. The van der Waals surface area contributed by atoms with Crippen LogP contribution < -0.4 is 4.74 Å². The lowest BCUT2D eigenvalue weighted by Gasteiger charge is -2.08. The zero-order valence-electron chi connectivity index (χ0n) is 10.5. The van der Waals surface area contributed by atoms with Crippen molar-refractivity contribution in [1.82, 2.24) is 0 Å². The quantitative estimate of drug-likeness (QED) is 0.469. The van der Waals surface area contributed by atoms with Gasteiger partial charge in [0.15, 0.2) is 12.0 Å². The first-order valence-corrected chi connectivity index (χ1v) is 6.52. The number of rotatable bonds is 5. The van der Waals surface area contributed by atoms with Gasteiger partial charge in [0.2, 0.25) is 0 Å². The van der Waals surface area contributed by atoms with Crippen LogP contribution in [0.4, 0.5) is 5.69 Å². The number of aldehydes is 1. The van der Waals surface area contributed by atoms with Crippen LogP contribution in [0.2, 0.25) is 0 Å². The van der Waals surface area contributed by atoms with Crippen molar-refractivity contribution in [2.24, 2.45) is 0 Å². The smallest absolute Gasteiger partial charge is 0.281 e. The molecule has 0 aliphatic carbocycles. The summed E-state index contributed by atoms with van der Waals surface area (Å²) in [6, 6.07) is 5.83. The lowest BCUT2D eigenvalue weighted by molar-refractivity contribution is -0.384. The Labute approximate surface area is 122 Å². The van der Waals surface area contributed by atoms with Gasteiger partial charge in [0.25, 0.3) is 5.69 Å². The summed E-state index contributed by atoms with van der Waals surface area (Å²) >= 11 is 3.23. The van der Waals surface area contributed by atoms with E-state index in [2.05, 4.69) is 15.9 Å². The molecule has 7 heteroatoms. The van der Waals surface area contributed by atoms with E-state index in [0.29, 0.717) is 23.1 Å². The molecule has 1 aromatic carbocycles. The summed E-state index contributed by atoms with van der Waals surface area (Å²) in [4.78, 5) is 21.2. The first-order valence-electron chi connectivity index (χ1n) is 5.73. The lowest BCUT2D eigenvalue weighted by atomic mass is 10.1. The largest absolute Gasteiger partial charge is 0.493 e. The molecule has 0 bridgehead atoms. The van der Waals surface area contributed by atoms with Crippen LogP contribution in [0.25, 0.3) is 11.3 Å². The summed E-state index contributed by atoms with van der Waals surface area (Å²) in [5.74, 6) is 0.819. The molecule has 6 nitrogen and oxygen atoms in total. The van der Waals surface area contributed by atoms with E-state index in [9.17, 15) is 14.9 Å². The van der Waals surface area contributed by atoms with Crippen LogP contribution in [0.5, 0.6) is 5.75 Å². The van der Waals surface area contributed by atoms with Gasteiger partial charge in [-0.3, -0.25) is 14.9 Å². The highest BCUT2D eigenvalue weighted by Gasteiger charge is 2.21. The number of halogens is 1. The Kier molecular flexibility index (Phi) is 4.19. The predicted octanol–water partition coefficient (Wildman–Crippen LogP) is 3.83. The summed E-state index contributed by atoms with van der Waals surface area (Å²) in [5.41, 5.74) is 0.127. The van der Waals surface area contributed by atoms with Crippen LogP contribution in [-0.4, -0.2) is 17.8 Å². The van der Waals surface area contributed by atoms with Crippen LogP contribution >= 0.6 is 15.9 Å². The number of hydrogen-bond acceptors (Lipinski definition) is 5. The molecule has 0 fully saturated rings. The molecule has 0 saturated heterocycles. The number of hydrogen-bond donors (Lipinski definition) is 0. The summed E-state index contributed by atoms with van der Waals surface area (Å²) in [6.45, 7) is 2.23. The summed E-state index contributed by atoms with van der Waals surface area (Å²) in [7, 11) is 0. The first-order chi connectivity index (χ1) is 9.56. The number of carbonyl (C=O) groups excluding carboxylic acids is 1. The van der Waals surface area contributed by atoms with E-state index in [4.69, 9.17) is 9.15 Å². The van der Waals surface area contributed by atoms with Crippen LogP contribution in [0, 0.1) is 10.1 Å². The molecule has 0 radical (unpaired) electrons. The second-order valence-corrected chi connectivity index (χ2v) is 4.66. The molecule has 0 N–H and O–H groups in total. The van der Waals surface area contributed by atoms with Gasteiger partial charge in [-0.1, -0.05) is 0 Å². The van der Waals surface area contributed by atoms with Crippen molar-refractivity contribution >= 4 is 27.9 Å². The Morgan fingerprint density at radius 3 is 2.75 bits per heavy atom. The molecule has 2 rings (SSSR count). The second kappa shape index (κ2) is 5.87. The van der Waals surface area contributed by atoms with Crippen molar-refractivity contribution in [2.45, 2.75) is 6.92 Å². The molecule has 0 aliphatic rings. The topological polar surface area (TPSA) is 82.6 Å². The van der Waals surface area contributed by atoms with Gasteiger partial charge in [-0.2, -0.15) is 0 Å². The van der Waals surface area contributed by atoms with Gasteiger partial charge >= 0.3 is 0 Å². The number of furan rings is 1. The van der Waals surface area contributed by atoms with Crippen LogP contribution in [0.15, 0.2) is 33.2 Å². The van der Waals surface area contributed by atoms with Crippen molar-refractivity contribution in [1.29, 1.82) is 0 Å². The fraction of sp³-hybridized carbons (Fsp3) is 0.154. The zero-order chi connectivity index (χ0) is 14.7. The predicted molar refractivity (Wildman–Crippen MR) is 75.1 cm³/mol. The van der Waals surface area contributed by atoms with Gasteiger partial charge in [-0.15, -0.1) is 0 Å². The van der Waals surface area contributed by atoms with Crippen LogP contribution in [0.3, 0.4) is 0 Å². The van der Waals surface area contributed by atoms with E-state index in [1.807, 2.05) is 6.92 Å². The molecule has 0 unspecified atom stereocenters. The standard InChI is InChI=1S/C13H10BrNO5/c1-2-19-13-5-9(11(15(17)18)6-10(13)14)12-4-3-8(7-16)20-12/h3-7H,2H2,1H3. The monoisotopic (exact) mass is 339 g/mol. The summed E-state index contributed by atoms with van der Waals surface area (Å²) in [5, 5.41) is 11.1. The first kappa shape index (κ1) is 14.3. The van der Waals surface area contributed by atoms with Gasteiger partial charge in [0.1, 0.15) is 11.5 Å². The Balaban J connectivity index is 2.61. The minimum atomic E-state index is -0.515. The SMILES string of the molecule is CCOc1cc(-c2ccc(C=O)o2)c([N+](=O)[O-])cc1Br. The fourth-order valence-corrected chi connectivity index (χ4v) is 2.16. The van der Waals surface area contributed by atoms with E-state index < -0.39 is 4.92 Å². The molecule has 0 aliphatic heterocycles. The second-order valence-electron chi connectivity index (χ2n) is 3.81. The maximum absolute atomic E-state index is 11.1. The molecule has 20 heavy (non-hydrogen) atoms. The van der Waals surface area contributed by atoms with E-state index >= 15 is 0 Å². The Morgan fingerprint density at radius 2 is 2.20 bits per heavy atom. The van der Waals surface area contributed by atoms with Crippen molar-refractivity contribution in [3.63, 3.8) is 0 Å². The highest BCUT2D eigenvalue weighted by atomic mass is 79.9. The van der Waals surface area contributed by atoms with E-state index in [-0.39, 0.29) is 22.8 Å².